The normalized spacial score (nSPS) is 29.4. The highest BCUT2D eigenvalue weighted by molar-refractivity contribution is 7.10. The van der Waals surface area contributed by atoms with E-state index in [1.54, 1.807) is 147 Å². The molecule has 8 aliphatic carbocycles. The molecule has 2 fully saturated rings. The van der Waals surface area contributed by atoms with E-state index in [2.05, 4.69) is 64.2 Å². The lowest BCUT2D eigenvalue weighted by molar-refractivity contribution is 0.0444. The van der Waals surface area contributed by atoms with E-state index in [1.807, 2.05) is 28.2 Å². The number of hydrogen-bond donors (Lipinski definition) is 0. The topological polar surface area (TPSA) is 21.7 Å². The monoisotopic (exact) mass is 793 g/mol. The van der Waals surface area contributed by atoms with Crippen molar-refractivity contribution in [2.24, 2.45) is 17.3 Å². The molecule has 1 saturated heterocycles. The van der Waals surface area contributed by atoms with Gasteiger partial charge >= 0.3 is 0 Å². The van der Waals surface area contributed by atoms with Crippen LogP contribution in [0.5, 0.6) is 0 Å². The van der Waals surface area contributed by atoms with E-state index in [0.717, 1.165) is 32.4 Å². The molecule has 1 spiro atoms. The Bertz CT molecular complexity index is 4080. The first-order chi connectivity index (χ1) is 29.3. The second-order valence-corrected chi connectivity index (χ2v) is 22.0. The highest BCUT2D eigenvalue weighted by Crippen LogP contribution is 2.77. The summed E-state index contributed by atoms with van der Waals surface area (Å²) in [7, 11) is 1.78. The molecule has 1 aliphatic heterocycles. The maximum absolute atomic E-state index is 6.44. The van der Waals surface area contributed by atoms with E-state index in [-0.39, 0.29) is 11.5 Å². The molecule has 3 heterocycles. The Kier molecular flexibility index (Phi) is 4.45. The lowest BCUT2D eigenvalue weighted by Gasteiger charge is -2.44. The Balaban J connectivity index is 1.08. The number of nitrogens with zero attached hydrogens (tertiary/aromatic N) is 1. The first-order valence-corrected chi connectivity index (χ1v) is 24.0. The summed E-state index contributed by atoms with van der Waals surface area (Å²) in [5, 5.41) is 36.2. The van der Waals surface area contributed by atoms with Crippen LogP contribution in [-0.4, -0.2) is 38.4 Å². The zero-order valence-electron chi connectivity index (χ0n) is 32.5. The fraction of sp³-hybridized carbons (Fsp3) is 0.296. The summed E-state index contributed by atoms with van der Waals surface area (Å²) < 4.78 is 11.9. The van der Waals surface area contributed by atoms with Gasteiger partial charge in [0.1, 0.15) is 0 Å². The molecule has 1 saturated carbocycles. The van der Waals surface area contributed by atoms with E-state index in [1.165, 1.54) is 11.3 Å². The maximum atomic E-state index is 6.44. The van der Waals surface area contributed by atoms with Gasteiger partial charge in [0.15, 0.2) is 0 Å². The minimum absolute atomic E-state index is 0.0197. The van der Waals surface area contributed by atoms with Gasteiger partial charge in [-0.1, -0.05) is 47.6 Å². The molecule has 0 amide bonds. The summed E-state index contributed by atoms with van der Waals surface area (Å²) in [6.07, 6.45) is 10.2. The van der Waals surface area contributed by atoms with E-state index in [0.29, 0.717) is 42.9 Å². The molecule has 8 aromatic carbocycles. The van der Waals surface area contributed by atoms with Crippen LogP contribution in [-0.2, 0) is 22.3 Å². The molecule has 3 nitrogen and oxygen atoms in total. The average molecular weight is 794 g/mol. The minimum Gasteiger partial charge on any atom is -0.382 e. The summed E-state index contributed by atoms with van der Waals surface area (Å²) in [5.74, 6) is 1.83. The Labute approximate surface area is 345 Å². The van der Waals surface area contributed by atoms with Gasteiger partial charge in [-0.3, -0.25) is 4.90 Å². The minimum atomic E-state index is -0.0197. The third-order valence-electron chi connectivity index (χ3n) is 18.4. The Morgan fingerprint density at radius 1 is 0.695 bits per heavy atom. The molecule has 19 rings (SSSR count). The highest BCUT2D eigenvalue weighted by atomic mass is 32.1. The van der Waals surface area contributed by atoms with Gasteiger partial charge in [-0.25, -0.2) is 0 Å². The van der Waals surface area contributed by atoms with Gasteiger partial charge in [0, 0.05) is 46.6 Å². The smallest absolute Gasteiger partial charge is 0.0700 e. The second-order valence-electron chi connectivity index (χ2n) is 20.1. The third kappa shape index (κ3) is 2.63. The van der Waals surface area contributed by atoms with E-state index < -0.39 is 0 Å². The van der Waals surface area contributed by atoms with Crippen molar-refractivity contribution in [2.75, 3.05) is 33.5 Å². The summed E-state index contributed by atoms with van der Waals surface area (Å²) >= 11 is 4.01. The van der Waals surface area contributed by atoms with Crippen LogP contribution in [0.25, 0.3) is 104 Å². The SMILES string of the molecule is COCCOCCN1C(c2cccs2)C2C3=c4c5c6c7c8c9c(cc%10c%11c%12c%13c%14c(cc%15c%16c(c4c6c(c%16%14)c%13c7c%119)=C(C3)C%15)=CC%12C%10)=CC3CC2(C=5C83)C1c1cccs1. The van der Waals surface area contributed by atoms with Crippen molar-refractivity contribution < 1.29 is 9.47 Å². The van der Waals surface area contributed by atoms with Gasteiger partial charge in [-0.2, -0.15) is 0 Å². The van der Waals surface area contributed by atoms with Crippen LogP contribution in [0.1, 0.15) is 68.8 Å². The number of rotatable bonds is 8. The van der Waals surface area contributed by atoms with Crippen molar-refractivity contribution in [1.82, 2.24) is 4.90 Å². The Morgan fingerprint density at radius 2 is 1.47 bits per heavy atom. The van der Waals surface area contributed by atoms with Crippen LogP contribution in [0, 0.1) is 17.3 Å². The van der Waals surface area contributed by atoms with E-state index >= 15 is 0 Å². The molecule has 59 heavy (non-hydrogen) atoms. The van der Waals surface area contributed by atoms with E-state index in [4.69, 9.17) is 9.47 Å². The van der Waals surface area contributed by atoms with Crippen molar-refractivity contribution in [3.8, 4) is 0 Å². The first kappa shape index (κ1) is 29.6. The third-order valence-corrected chi connectivity index (χ3v) is 20.3. The lowest BCUT2D eigenvalue weighted by Crippen LogP contribution is -2.47. The average Bonchev–Trinajstić information content (AvgIpc) is 4.09. The van der Waals surface area contributed by atoms with Crippen molar-refractivity contribution in [1.29, 1.82) is 0 Å². The molecule has 10 aromatic rings. The summed E-state index contributed by atoms with van der Waals surface area (Å²) in [4.78, 5) is 6.08. The zero-order valence-corrected chi connectivity index (χ0v) is 34.1. The number of likely N-dealkylation sites (tertiary alicyclic amines) is 1. The Hall–Kier alpha value is -4.62. The molecule has 280 valence electrons. The lowest BCUT2D eigenvalue weighted by atomic mass is 9.58. The number of hydrogen-bond acceptors (Lipinski definition) is 5. The van der Waals surface area contributed by atoms with Gasteiger partial charge in [0.25, 0.3) is 0 Å². The molecule has 7 atom stereocenters. The molecule has 7 unspecified atom stereocenters. The number of fused-ring (bicyclic) bond motifs is 1. The number of benzene rings is 5. The van der Waals surface area contributed by atoms with Gasteiger partial charge in [-0.05, 0) is 184 Å². The molecular weight excluding hydrogens is 759 g/mol. The van der Waals surface area contributed by atoms with Gasteiger partial charge in [-0.15, -0.1) is 22.7 Å². The van der Waals surface area contributed by atoms with Crippen LogP contribution in [0.3, 0.4) is 0 Å². The largest absolute Gasteiger partial charge is 0.382 e. The fourth-order valence-corrected chi connectivity index (χ4v) is 19.4. The second kappa shape index (κ2) is 8.89. The van der Waals surface area contributed by atoms with Crippen LogP contribution < -0.4 is 26.1 Å². The fourth-order valence-electron chi connectivity index (χ4n) is 17.5. The quantitative estimate of drug-likeness (QED) is 0.115. The van der Waals surface area contributed by atoms with Gasteiger partial charge < -0.3 is 9.47 Å². The Morgan fingerprint density at radius 3 is 2.34 bits per heavy atom. The highest BCUT2D eigenvalue weighted by Gasteiger charge is 2.70. The molecule has 9 aliphatic rings. The van der Waals surface area contributed by atoms with Gasteiger partial charge in [0.2, 0.25) is 0 Å². The van der Waals surface area contributed by atoms with Crippen molar-refractivity contribution in [3.05, 3.63) is 105 Å². The number of ether oxygens (including phenoxy) is 2. The van der Waals surface area contributed by atoms with Crippen LogP contribution in [0.15, 0.2) is 47.2 Å². The van der Waals surface area contributed by atoms with Crippen molar-refractivity contribution >= 4 is 127 Å². The molecule has 5 heteroatoms. The maximum Gasteiger partial charge on any atom is 0.0700 e. The number of thiophene rings is 2. The summed E-state index contributed by atoms with van der Waals surface area (Å²) in [5.41, 5.74) is 12.0. The standard InChI is InChI=1S/C54H35NO2S2/c1-56-8-9-57-7-6-55-52(28-4-2-10-58-28)50-27-18-25-16-22-14-23-13-20-12-21-15-24-17-26-19-54(50,53(55)29-5-3-11-59-29)51-36(26)41-35(24)40-31(21)30(20)38-34(23)39-32(22)33(25)42-37(27)49(51)48-46(41)44(40)43(38)45(39)47(42)48/h2-5,10-11,13-15,17,20,26,36,50,52-53H,6-9,12,16,18-19H2,1H3. The summed E-state index contributed by atoms with van der Waals surface area (Å²) in [6.45, 7) is 2.92. The predicted octanol–water partition coefficient (Wildman–Crippen LogP) is 8.19. The molecular formula is C54H35NO2S2. The first-order valence-electron chi connectivity index (χ1n) is 22.2. The zero-order chi connectivity index (χ0) is 37.3. The number of methoxy groups -OCH3 is 1. The predicted molar refractivity (Wildman–Crippen MR) is 242 cm³/mol. The molecule has 0 bridgehead atoms. The van der Waals surface area contributed by atoms with E-state index in [9.17, 15) is 0 Å². The molecule has 0 radical (unpaired) electrons. The van der Waals surface area contributed by atoms with Crippen molar-refractivity contribution in [2.45, 2.75) is 49.6 Å². The summed E-state index contributed by atoms with van der Waals surface area (Å²) in [6, 6.07) is 15.6. The molecule has 2 aromatic heterocycles. The molecule has 0 N–H and O–H groups in total. The van der Waals surface area contributed by atoms with Crippen LogP contribution in [0.4, 0.5) is 0 Å². The van der Waals surface area contributed by atoms with Crippen molar-refractivity contribution in [3.63, 3.8) is 0 Å². The van der Waals surface area contributed by atoms with Gasteiger partial charge in [0.05, 0.1) is 31.9 Å². The van der Waals surface area contributed by atoms with Crippen LogP contribution >= 0.6 is 22.7 Å². The van der Waals surface area contributed by atoms with Crippen LogP contribution in [0.2, 0.25) is 0 Å².